The van der Waals surface area contributed by atoms with Gasteiger partial charge in [0.1, 0.15) is 12.1 Å². The zero-order valence-electron chi connectivity index (χ0n) is 9.87. The van der Waals surface area contributed by atoms with E-state index in [2.05, 4.69) is 15.1 Å². The second kappa shape index (κ2) is 4.92. The Morgan fingerprint density at radius 2 is 2.24 bits per heavy atom. The van der Waals surface area contributed by atoms with Gasteiger partial charge in [0.25, 0.3) is 0 Å². The summed E-state index contributed by atoms with van der Waals surface area (Å²) in [6.07, 6.45) is 4.06. The van der Waals surface area contributed by atoms with Gasteiger partial charge in [-0.05, 0) is 18.6 Å². The molecular weight excluding hydrogens is 218 g/mol. The summed E-state index contributed by atoms with van der Waals surface area (Å²) in [4.78, 5) is 8.20. The molecule has 1 atom stereocenters. The van der Waals surface area contributed by atoms with Crippen LogP contribution >= 0.6 is 0 Å². The molecule has 0 spiro atoms. The third-order valence-electron chi connectivity index (χ3n) is 2.37. The maximum atomic E-state index is 5.87. The highest BCUT2D eigenvalue weighted by atomic mass is 16.5. The Labute approximate surface area is 99.4 Å². The summed E-state index contributed by atoms with van der Waals surface area (Å²) in [6, 6.07) is 3.94. The van der Waals surface area contributed by atoms with E-state index in [4.69, 9.17) is 10.5 Å². The molecule has 2 aromatic rings. The molecule has 0 saturated heterocycles. The summed E-state index contributed by atoms with van der Waals surface area (Å²) in [5.74, 6) is 0.600. The van der Waals surface area contributed by atoms with E-state index in [0.29, 0.717) is 11.8 Å². The fourth-order valence-corrected chi connectivity index (χ4v) is 1.35. The SMILES string of the molecule is CCC(N)c1ccc(Oc2ncn(C)n2)cn1. The molecule has 0 aliphatic rings. The van der Waals surface area contributed by atoms with Crippen LogP contribution in [0.25, 0.3) is 0 Å². The highest BCUT2D eigenvalue weighted by molar-refractivity contribution is 5.23. The lowest BCUT2D eigenvalue weighted by atomic mass is 10.1. The van der Waals surface area contributed by atoms with E-state index >= 15 is 0 Å². The van der Waals surface area contributed by atoms with Crippen LogP contribution in [0.4, 0.5) is 0 Å². The first-order valence-corrected chi connectivity index (χ1v) is 5.44. The van der Waals surface area contributed by atoms with Crippen LogP contribution in [0, 0.1) is 0 Å². The Balaban J connectivity index is 2.08. The van der Waals surface area contributed by atoms with Gasteiger partial charge in [0.15, 0.2) is 0 Å². The summed E-state index contributed by atoms with van der Waals surface area (Å²) in [7, 11) is 1.78. The van der Waals surface area contributed by atoms with Crippen molar-refractivity contribution in [1.29, 1.82) is 0 Å². The maximum absolute atomic E-state index is 5.87. The van der Waals surface area contributed by atoms with Crippen molar-refractivity contribution in [3.8, 4) is 11.8 Å². The lowest BCUT2D eigenvalue weighted by Gasteiger charge is -2.08. The van der Waals surface area contributed by atoms with Gasteiger partial charge in [-0.3, -0.25) is 9.67 Å². The fourth-order valence-electron chi connectivity index (χ4n) is 1.35. The summed E-state index contributed by atoms with van der Waals surface area (Å²) in [6.45, 7) is 2.02. The Bertz CT molecular complexity index is 479. The minimum absolute atomic E-state index is 0.0305. The maximum Gasteiger partial charge on any atom is 0.341 e. The van der Waals surface area contributed by atoms with Crippen LogP contribution in [0.15, 0.2) is 24.7 Å². The van der Waals surface area contributed by atoms with Crippen molar-refractivity contribution in [1.82, 2.24) is 19.7 Å². The van der Waals surface area contributed by atoms with Crippen molar-refractivity contribution in [3.63, 3.8) is 0 Å². The number of hydrogen-bond acceptors (Lipinski definition) is 5. The van der Waals surface area contributed by atoms with Gasteiger partial charge in [0.05, 0.1) is 11.9 Å². The number of ether oxygens (including phenoxy) is 1. The zero-order chi connectivity index (χ0) is 12.3. The first kappa shape index (κ1) is 11.5. The van der Waals surface area contributed by atoms with Crippen LogP contribution < -0.4 is 10.5 Å². The number of aryl methyl sites for hydroxylation is 1. The van der Waals surface area contributed by atoms with Crippen LogP contribution in [-0.4, -0.2) is 19.7 Å². The van der Waals surface area contributed by atoms with Crippen molar-refractivity contribution in [2.45, 2.75) is 19.4 Å². The molecule has 0 radical (unpaired) electrons. The van der Waals surface area contributed by atoms with Crippen LogP contribution in [0.1, 0.15) is 25.1 Å². The molecule has 2 aromatic heterocycles. The average Bonchev–Trinajstić information content (AvgIpc) is 2.75. The van der Waals surface area contributed by atoms with Crippen molar-refractivity contribution < 1.29 is 4.74 Å². The monoisotopic (exact) mass is 233 g/mol. The number of aromatic nitrogens is 4. The smallest absolute Gasteiger partial charge is 0.341 e. The number of rotatable bonds is 4. The van der Waals surface area contributed by atoms with E-state index in [-0.39, 0.29) is 6.04 Å². The third kappa shape index (κ3) is 2.79. The molecule has 0 amide bonds. The first-order valence-electron chi connectivity index (χ1n) is 5.44. The Hall–Kier alpha value is -1.95. The highest BCUT2D eigenvalue weighted by Gasteiger charge is 2.06. The van der Waals surface area contributed by atoms with E-state index < -0.39 is 0 Å². The van der Waals surface area contributed by atoms with Gasteiger partial charge < -0.3 is 10.5 Å². The summed E-state index contributed by atoms with van der Waals surface area (Å²) < 4.78 is 6.99. The average molecular weight is 233 g/mol. The van der Waals surface area contributed by atoms with Crippen LogP contribution in [0.5, 0.6) is 11.8 Å². The van der Waals surface area contributed by atoms with Gasteiger partial charge in [0.2, 0.25) is 0 Å². The number of nitrogens with two attached hydrogens (primary N) is 1. The molecule has 1 unspecified atom stereocenters. The van der Waals surface area contributed by atoms with Gasteiger partial charge >= 0.3 is 6.01 Å². The molecule has 2 heterocycles. The normalized spacial score (nSPS) is 12.4. The Morgan fingerprint density at radius 3 is 2.76 bits per heavy atom. The highest BCUT2D eigenvalue weighted by Crippen LogP contribution is 2.18. The Morgan fingerprint density at radius 1 is 1.41 bits per heavy atom. The molecule has 0 aliphatic carbocycles. The van der Waals surface area contributed by atoms with E-state index in [0.717, 1.165) is 12.1 Å². The molecule has 2 rings (SSSR count). The lowest BCUT2D eigenvalue weighted by molar-refractivity contribution is 0.436. The molecule has 2 N–H and O–H groups in total. The summed E-state index contributed by atoms with van der Waals surface area (Å²) in [5.41, 5.74) is 6.72. The molecule has 17 heavy (non-hydrogen) atoms. The van der Waals surface area contributed by atoms with Crippen LogP contribution in [-0.2, 0) is 7.05 Å². The minimum atomic E-state index is -0.0305. The zero-order valence-corrected chi connectivity index (χ0v) is 9.87. The van der Waals surface area contributed by atoms with Crippen molar-refractivity contribution >= 4 is 0 Å². The molecule has 6 nitrogen and oxygen atoms in total. The summed E-state index contributed by atoms with van der Waals surface area (Å²) in [5, 5.41) is 4.01. The van der Waals surface area contributed by atoms with Gasteiger partial charge in [-0.1, -0.05) is 6.92 Å². The first-order chi connectivity index (χ1) is 8.19. The topological polar surface area (TPSA) is 78.9 Å². The molecule has 90 valence electrons. The van der Waals surface area contributed by atoms with Crippen molar-refractivity contribution in [2.75, 3.05) is 0 Å². The standard InChI is InChI=1S/C11H15N5O/c1-3-9(12)10-5-4-8(6-13-10)17-11-14-7-16(2)15-11/h4-7,9H,3,12H2,1-2H3. The third-order valence-corrected chi connectivity index (χ3v) is 2.37. The van der Waals surface area contributed by atoms with Crippen molar-refractivity contribution in [3.05, 3.63) is 30.4 Å². The lowest BCUT2D eigenvalue weighted by Crippen LogP contribution is -2.10. The molecule has 6 heteroatoms. The van der Waals surface area contributed by atoms with E-state index in [1.54, 1.807) is 24.3 Å². The summed E-state index contributed by atoms with van der Waals surface area (Å²) >= 11 is 0. The predicted molar refractivity (Wildman–Crippen MR) is 62.5 cm³/mol. The molecular formula is C11H15N5O. The van der Waals surface area contributed by atoms with Crippen LogP contribution in [0.2, 0.25) is 0 Å². The van der Waals surface area contributed by atoms with E-state index in [9.17, 15) is 0 Å². The second-order valence-corrected chi connectivity index (χ2v) is 3.74. The van der Waals surface area contributed by atoms with Gasteiger partial charge in [-0.25, -0.2) is 0 Å². The van der Waals surface area contributed by atoms with Gasteiger partial charge in [-0.2, -0.15) is 4.98 Å². The molecule has 0 bridgehead atoms. The molecule has 0 aromatic carbocycles. The predicted octanol–water partition coefficient (Wildman–Crippen LogP) is 1.41. The van der Waals surface area contributed by atoms with E-state index in [1.807, 2.05) is 19.1 Å². The molecule has 0 saturated carbocycles. The second-order valence-electron chi connectivity index (χ2n) is 3.74. The number of pyridine rings is 1. The number of hydrogen-bond donors (Lipinski definition) is 1. The largest absolute Gasteiger partial charge is 0.422 e. The minimum Gasteiger partial charge on any atom is -0.422 e. The van der Waals surface area contributed by atoms with Crippen LogP contribution in [0.3, 0.4) is 0 Å². The quantitative estimate of drug-likeness (QED) is 0.863. The van der Waals surface area contributed by atoms with Gasteiger partial charge in [0, 0.05) is 13.1 Å². The molecule has 0 aliphatic heterocycles. The Kier molecular flexibility index (Phi) is 3.34. The fraction of sp³-hybridized carbons (Fsp3) is 0.364. The molecule has 0 fully saturated rings. The van der Waals surface area contributed by atoms with Crippen molar-refractivity contribution in [2.24, 2.45) is 12.8 Å². The number of nitrogens with zero attached hydrogens (tertiary/aromatic N) is 4. The van der Waals surface area contributed by atoms with E-state index in [1.165, 1.54) is 0 Å². The van der Waals surface area contributed by atoms with Gasteiger partial charge in [-0.15, -0.1) is 5.10 Å².